The molecule has 0 bridgehead atoms. The summed E-state index contributed by atoms with van der Waals surface area (Å²) in [5, 5.41) is 0. The minimum atomic E-state index is -0.819. The molecule has 0 spiro atoms. The Hall–Kier alpha value is -0.450. The predicted molar refractivity (Wildman–Crippen MR) is 107 cm³/mol. The Morgan fingerprint density at radius 1 is 0.640 bits per heavy atom. The van der Waals surface area contributed by atoms with Crippen LogP contribution >= 0.6 is 0 Å². The monoisotopic (exact) mass is 357 g/mol. The molecule has 25 heavy (non-hydrogen) atoms. The van der Waals surface area contributed by atoms with E-state index in [1.165, 1.54) is 57.8 Å². The van der Waals surface area contributed by atoms with Crippen LogP contribution in [-0.2, 0) is 14.2 Å². The predicted octanol–water partition coefficient (Wildman–Crippen LogP) is 6.13. The van der Waals surface area contributed by atoms with Gasteiger partial charge in [-0.1, -0.05) is 51.4 Å². The van der Waals surface area contributed by atoms with Crippen LogP contribution in [0, 0.1) is 0 Å². The molecule has 0 unspecified atom stereocenters. The minimum absolute atomic E-state index is 0.616. The molecule has 0 radical (unpaired) electrons. The molecule has 0 aromatic heterocycles. The van der Waals surface area contributed by atoms with Crippen molar-refractivity contribution in [1.82, 2.24) is 0 Å². The van der Waals surface area contributed by atoms with Crippen LogP contribution in [0.2, 0.25) is 0 Å². The van der Waals surface area contributed by atoms with E-state index in [-0.39, 0.29) is 0 Å². The second-order valence-corrected chi connectivity index (χ2v) is 6.43. The van der Waals surface area contributed by atoms with Crippen LogP contribution in [0.5, 0.6) is 0 Å². The van der Waals surface area contributed by atoms with Gasteiger partial charge in [-0.3, -0.25) is 4.99 Å². The molecule has 0 aromatic carbocycles. The van der Waals surface area contributed by atoms with E-state index in [9.17, 15) is 0 Å². The van der Waals surface area contributed by atoms with E-state index in [2.05, 4.69) is 4.99 Å². The first-order valence-corrected chi connectivity index (χ1v) is 10.6. The van der Waals surface area contributed by atoms with E-state index in [1.54, 1.807) is 0 Å². The second-order valence-electron chi connectivity index (χ2n) is 6.43. The molecular formula is C21H43NO3. The molecule has 0 rings (SSSR count). The summed E-state index contributed by atoms with van der Waals surface area (Å²) in [6.07, 6.45) is 15.7. The summed E-state index contributed by atoms with van der Waals surface area (Å²) in [4.78, 5) is 4.25. The molecule has 0 N–H and O–H groups in total. The molecule has 4 nitrogen and oxygen atoms in total. The van der Waals surface area contributed by atoms with Gasteiger partial charge >= 0.3 is 0 Å². The highest BCUT2D eigenvalue weighted by Crippen LogP contribution is 2.24. The zero-order valence-electron chi connectivity index (χ0n) is 17.4. The fourth-order valence-corrected chi connectivity index (χ4v) is 3.09. The van der Waals surface area contributed by atoms with Gasteiger partial charge in [-0.15, -0.1) is 0 Å². The van der Waals surface area contributed by atoms with Crippen molar-refractivity contribution in [3.63, 3.8) is 0 Å². The number of nitrogens with zero attached hydrogens (tertiary/aromatic N) is 1. The average Bonchev–Trinajstić information content (AvgIpc) is 2.60. The maximum atomic E-state index is 5.76. The largest absolute Gasteiger partial charge is 0.328 e. The van der Waals surface area contributed by atoms with Crippen molar-refractivity contribution in [2.45, 2.75) is 104 Å². The molecule has 0 saturated heterocycles. The Morgan fingerprint density at radius 3 is 1.44 bits per heavy atom. The zero-order valence-corrected chi connectivity index (χ0v) is 17.4. The Labute approximate surface area is 156 Å². The second kappa shape index (κ2) is 18.3. The summed E-state index contributed by atoms with van der Waals surface area (Å²) in [6, 6.07) is 0. The summed E-state index contributed by atoms with van der Waals surface area (Å²) in [6.45, 7) is 10.8. The first-order chi connectivity index (χ1) is 12.2. The van der Waals surface area contributed by atoms with Crippen LogP contribution in [0.3, 0.4) is 0 Å². The smallest absolute Gasteiger partial charge is 0.282 e. The highest BCUT2D eigenvalue weighted by Gasteiger charge is 2.31. The summed E-state index contributed by atoms with van der Waals surface area (Å²) < 4.78 is 17.3. The van der Waals surface area contributed by atoms with E-state index >= 15 is 0 Å². The number of rotatable bonds is 19. The SMILES string of the molecule is CC=NCCCCCCCCCCCCC(OCC)(OCC)OCC. The lowest BCUT2D eigenvalue weighted by molar-refractivity contribution is -0.380. The summed E-state index contributed by atoms with van der Waals surface area (Å²) >= 11 is 0. The van der Waals surface area contributed by atoms with Gasteiger partial charge in [0, 0.05) is 32.8 Å². The molecule has 150 valence electrons. The van der Waals surface area contributed by atoms with Gasteiger partial charge in [-0.25, -0.2) is 0 Å². The number of hydrogen-bond acceptors (Lipinski definition) is 4. The maximum Gasteiger partial charge on any atom is 0.282 e. The third-order valence-electron chi connectivity index (χ3n) is 4.30. The lowest BCUT2D eigenvalue weighted by atomic mass is 10.1. The molecule has 0 saturated carbocycles. The normalized spacial score (nSPS) is 12.3. The van der Waals surface area contributed by atoms with E-state index < -0.39 is 5.97 Å². The van der Waals surface area contributed by atoms with Crippen molar-refractivity contribution in [1.29, 1.82) is 0 Å². The lowest BCUT2D eigenvalue weighted by Gasteiger charge is -2.32. The van der Waals surface area contributed by atoms with Gasteiger partial charge in [-0.05, 0) is 46.8 Å². The molecular weight excluding hydrogens is 314 g/mol. The van der Waals surface area contributed by atoms with E-state index in [1.807, 2.05) is 33.9 Å². The van der Waals surface area contributed by atoms with Gasteiger partial charge in [0.1, 0.15) is 0 Å². The van der Waals surface area contributed by atoms with Crippen LogP contribution in [0.15, 0.2) is 4.99 Å². The molecule has 0 aromatic rings. The third kappa shape index (κ3) is 14.4. The van der Waals surface area contributed by atoms with Crippen LogP contribution in [-0.4, -0.2) is 38.6 Å². The molecule has 0 aliphatic rings. The zero-order chi connectivity index (χ0) is 18.6. The van der Waals surface area contributed by atoms with Crippen LogP contribution in [0.1, 0.15) is 98.3 Å². The molecule has 0 atom stereocenters. The first kappa shape index (κ1) is 24.6. The molecule has 0 aliphatic heterocycles. The standard InChI is InChI=1S/C21H43NO3/c1-5-22-20-18-16-14-12-10-9-11-13-15-17-19-21(23-6-2,24-7-3)25-8-4/h5H,6-20H2,1-4H3. The highest BCUT2D eigenvalue weighted by atomic mass is 16.9. The van der Waals surface area contributed by atoms with Crippen molar-refractivity contribution < 1.29 is 14.2 Å². The fourth-order valence-electron chi connectivity index (χ4n) is 3.09. The summed E-state index contributed by atoms with van der Waals surface area (Å²) in [7, 11) is 0. The third-order valence-corrected chi connectivity index (χ3v) is 4.30. The first-order valence-electron chi connectivity index (χ1n) is 10.6. The lowest BCUT2D eigenvalue weighted by Crippen LogP contribution is -2.39. The minimum Gasteiger partial charge on any atom is -0.328 e. The molecule has 0 aliphatic carbocycles. The summed E-state index contributed by atoms with van der Waals surface area (Å²) in [5.74, 6) is -0.819. The van der Waals surface area contributed by atoms with E-state index in [4.69, 9.17) is 14.2 Å². The average molecular weight is 358 g/mol. The van der Waals surface area contributed by atoms with E-state index in [0.717, 1.165) is 19.4 Å². The van der Waals surface area contributed by atoms with Crippen molar-refractivity contribution in [3.8, 4) is 0 Å². The summed E-state index contributed by atoms with van der Waals surface area (Å²) in [5.41, 5.74) is 0. The topological polar surface area (TPSA) is 40.0 Å². The van der Waals surface area contributed by atoms with Crippen molar-refractivity contribution in [2.75, 3.05) is 26.4 Å². The molecule has 0 amide bonds. The molecule has 0 heterocycles. The van der Waals surface area contributed by atoms with Gasteiger partial charge in [0.15, 0.2) is 0 Å². The van der Waals surface area contributed by atoms with Gasteiger partial charge in [0.25, 0.3) is 5.97 Å². The van der Waals surface area contributed by atoms with Crippen molar-refractivity contribution in [3.05, 3.63) is 0 Å². The van der Waals surface area contributed by atoms with Crippen molar-refractivity contribution in [2.24, 2.45) is 4.99 Å². The number of aliphatic imine (C=N–C) groups is 1. The number of unbranched alkanes of at least 4 members (excludes halogenated alkanes) is 9. The van der Waals surface area contributed by atoms with E-state index in [0.29, 0.717) is 19.8 Å². The quantitative estimate of drug-likeness (QED) is 0.158. The van der Waals surface area contributed by atoms with Gasteiger partial charge in [-0.2, -0.15) is 0 Å². The Morgan fingerprint density at radius 2 is 1.04 bits per heavy atom. The fraction of sp³-hybridized carbons (Fsp3) is 0.952. The van der Waals surface area contributed by atoms with Crippen molar-refractivity contribution >= 4 is 6.21 Å². The Bertz CT molecular complexity index is 278. The van der Waals surface area contributed by atoms with Crippen LogP contribution < -0.4 is 0 Å². The molecule has 0 fully saturated rings. The van der Waals surface area contributed by atoms with Crippen LogP contribution in [0.4, 0.5) is 0 Å². The Kier molecular flexibility index (Phi) is 18.0. The maximum absolute atomic E-state index is 5.76. The van der Waals surface area contributed by atoms with Gasteiger partial charge < -0.3 is 14.2 Å². The van der Waals surface area contributed by atoms with Crippen LogP contribution in [0.25, 0.3) is 0 Å². The number of hydrogen-bond donors (Lipinski definition) is 0. The van der Waals surface area contributed by atoms with Gasteiger partial charge in [0.2, 0.25) is 0 Å². The molecule has 4 heteroatoms. The number of ether oxygens (including phenoxy) is 3. The van der Waals surface area contributed by atoms with Gasteiger partial charge in [0.05, 0.1) is 0 Å². The Balaban J connectivity index is 3.59. The highest BCUT2D eigenvalue weighted by molar-refractivity contribution is 5.53.